The summed E-state index contributed by atoms with van der Waals surface area (Å²) < 4.78 is 5.63. The van der Waals surface area contributed by atoms with Crippen LogP contribution >= 0.6 is 0 Å². The number of nitrogens with zero attached hydrogens (tertiary/aromatic N) is 1. The van der Waals surface area contributed by atoms with Gasteiger partial charge in [-0.05, 0) is 32.0 Å². The molecule has 3 rings (SSSR count). The van der Waals surface area contributed by atoms with E-state index in [4.69, 9.17) is 9.52 Å². The molecule has 0 radical (unpaired) electrons. The van der Waals surface area contributed by atoms with Gasteiger partial charge in [-0.25, -0.2) is 9.78 Å². The lowest BCUT2D eigenvalue weighted by atomic mass is 10.0. The van der Waals surface area contributed by atoms with Gasteiger partial charge in [0, 0.05) is 5.56 Å². The second kappa shape index (κ2) is 5.94. The Hall–Kier alpha value is -3.35. The molecule has 0 spiro atoms. The van der Waals surface area contributed by atoms with Crippen LogP contribution in [-0.4, -0.2) is 27.6 Å². The van der Waals surface area contributed by atoms with Crippen LogP contribution in [0, 0.1) is 13.8 Å². The van der Waals surface area contributed by atoms with Gasteiger partial charge in [0.05, 0.1) is 22.9 Å². The molecule has 7 nitrogen and oxygen atoms in total. The number of ketones is 2. The van der Waals surface area contributed by atoms with E-state index in [2.05, 4.69) is 4.98 Å². The van der Waals surface area contributed by atoms with Gasteiger partial charge in [0.15, 0.2) is 5.78 Å². The van der Waals surface area contributed by atoms with Gasteiger partial charge in [-0.3, -0.25) is 14.4 Å². The Balaban J connectivity index is 2.21. The minimum Gasteiger partial charge on any atom is -0.475 e. The fourth-order valence-corrected chi connectivity index (χ4v) is 2.58. The highest BCUT2D eigenvalue weighted by Crippen LogP contribution is 2.21. The van der Waals surface area contributed by atoms with Crippen LogP contribution in [0.5, 0.6) is 0 Å². The predicted octanol–water partition coefficient (Wildman–Crippen LogP) is 2.18. The first-order chi connectivity index (χ1) is 11.8. The summed E-state index contributed by atoms with van der Waals surface area (Å²) in [4.78, 5) is 50.9. The molecule has 2 aromatic heterocycles. The van der Waals surface area contributed by atoms with Crippen LogP contribution < -0.4 is 5.43 Å². The van der Waals surface area contributed by atoms with Crippen molar-refractivity contribution >= 4 is 39.6 Å². The summed E-state index contributed by atoms with van der Waals surface area (Å²) in [6, 6.07) is 6.46. The second-order valence-electron chi connectivity index (χ2n) is 5.73. The molecular formula is C18H13NO6. The summed E-state index contributed by atoms with van der Waals surface area (Å²) in [5.74, 6) is -3.60. The van der Waals surface area contributed by atoms with Gasteiger partial charge in [0.2, 0.25) is 16.9 Å². The number of aryl methyl sites for hydroxylation is 2. The van der Waals surface area contributed by atoms with Crippen molar-refractivity contribution in [2.75, 3.05) is 0 Å². The molecule has 0 aliphatic carbocycles. The molecule has 0 unspecified atom stereocenters. The average Bonchev–Trinajstić information content (AvgIpc) is 2.55. The van der Waals surface area contributed by atoms with Gasteiger partial charge >= 0.3 is 5.97 Å². The van der Waals surface area contributed by atoms with Gasteiger partial charge in [0.25, 0.3) is 0 Å². The molecule has 1 aromatic carbocycles. The van der Waals surface area contributed by atoms with Crippen LogP contribution in [0.15, 0.2) is 33.5 Å². The molecule has 0 amide bonds. The van der Waals surface area contributed by atoms with E-state index in [1.807, 2.05) is 6.92 Å². The summed E-state index contributed by atoms with van der Waals surface area (Å²) >= 11 is 0. The molecule has 1 N–H and O–H groups in total. The van der Waals surface area contributed by atoms with Crippen LogP contribution in [0.25, 0.3) is 22.1 Å². The highest BCUT2D eigenvalue weighted by atomic mass is 16.4. The lowest BCUT2D eigenvalue weighted by Crippen LogP contribution is -2.18. The maximum Gasteiger partial charge on any atom is 0.372 e. The smallest absolute Gasteiger partial charge is 0.372 e. The number of aromatic nitrogens is 1. The molecule has 7 heteroatoms. The number of hydrogen-bond donors (Lipinski definition) is 1. The van der Waals surface area contributed by atoms with Crippen molar-refractivity contribution in [3.8, 4) is 0 Å². The first-order valence-electron chi connectivity index (χ1n) is 7.42. The van der Waals surface area contributed by atoms with E-state index in [-0.39, 0.29) is 27.8 Å². The summed E-state index contributed by atoms with van der Waals surface area (Å²) in [5, 5.41) is 9.09. The van der Waals surface area contributed by atoms with E-state index >= 15 is 0 Å². The number of Topliss-reactive ketones (excluding diaryl/α,β-unsaturated/α-hetero) is 2. The first-order valence-corrected chi connectivity index (χ1v) is 7.42. The molecule has 0 atom stereocenters. The van der Waals surface area contributed by atoms with Crippen molar-refractivity contribution in [1.29, 1.82) is 0 Å². The number of aliphatic carboxylic acids is 1. The van der Waals surface area contributed by atoms with Crippen molar-refractivity contribution in [2.24, 2.45) is 0 Å². The number of carboxylic acids is 1. The Labute approximate surface area is 140 Å². The van der Waals surface area contributed by atoms with E-state index in [0.29, 0.717) is 11.0 Å². The molecule has 2 heterocycles. The van der Waals surface area contributed by atoms with Crippen molar-refractivity contribution in [3.63, 3.8) is 0 Å². The van der Waals surface area contributed by atoms with Crippen LogP contribution in [0.4, 0.5) is 0 Å². The van der Waals surface area contributed by atoms with Gasteiger partial charge in [-0.15, -0.1) is 0 Å². The Bertz CT molecular complexity index is 1130. The third-order valence-corrected chi connectivity index (χ3v) is 3.87. The molecule has 126 valence electrons. The number of benzene rings is 1. The Kier molecular flexibility index (Phi) is 3.92. The third-order valence-electron chi connectivity index (χ3n) is 3.87. The zero-order valence-electron chi connectivity index (χ0n) is 13.5. The minimum absolute atomic E-state index is 0.0291. The van der Waals surface area contributed by atoms with E-state index in [0.717, 1.165) is 5.56 Å². The molecule has 25 heavy (non-hydrogen) atoms. The Morgan fingerprint density at radius 2 is 1.84 bits per heavy atom. The fourth-order valence-electron chi connectivity index (χ4n) is 2.58. The molecule has 0 saturated heterocycles. The molecule has 0 aliphatic rings. The van der Waals surface area contributed by atoms with Gasteiger partial charge < -0.3 is 9.52 Å². The Morgan fingerprint density at radius 1 is 1.12 bits per heavy atom. The van der Waals surface area contributed by atoms with E-state index < -0.39 is 24.0 Å². The Morgan fingerprint density at radius 3 is 2.52 bits per heavy atom. The van der Waals surface area contributed by atoms with Crippen LogP contribution in [0.2, 0.25) is 0 Å². The lowest BCUT2D eigenvalue weighted by Gasteiger charge is -2.06. The van der Waals surface area contributed by atoms with E-state index in [1.165, 1.54) is 13.0 Å². The van der Waals surface area contributed by atoms with Gasteiger partial charge in [-0.2, -0.15) is 0 Å². The lowest BCUT2D eigenvalue weighted by molar-refractivity contribution is -0.148. The largest absolute Gasteiger partial charge is 0.475 e. The highest BCUT2D eigenvalue weighted by molar-refractivity contribution is 6.37. The van der Waals surface area contributed by atoms with Crippen LogP contribution in [0.3, 0.4) is 0 Å². The first kappa shape index (κ1) is 16.5. The zero-order chi connectivity index (χ0) is 18.3. The topological polar surface area (TPSA) is 115 Å². The number of rotatable bonds is 4. The second-order valence-corrected chi connectivity index (χ2v) is 5.73. The maximum atomic E-state index is 12.7. The number of carboxylic acid groups (broad SMARTS) is 1. The molecule has 3 aromatic rings. The molecule has 0 aliphatic heterocycles. The SMILES string of the molecule is Cc1ccc2oc3nc(C)c(C(=O)CC(=O)C(=O)O)cc3c(=O)c2c1. The maximum absolute atomic E-state index is 12.7. The summed E-state index contributed by atoms with van der Waals surface area (Å²) in [7, 11) is 0. The van der Waals surface area contributed by atoms with Gasteiger partial charge in [-0.1, -0.05) is 11.6 Å². The molecule has 0 saturated carbocycles. The fraction of sp³-hybridized carbons (Fsp3) is 0.167. The average molecular weight is 339 g/mol. The van der Waals surface area contributed by atoms with Crippen molar-refractivity contribution in [2.45, 2.75) is 20.3 Å². The number of fused-ring (bicyclic) bond motifs is 2. The number of hydrogen-bond acceptors (Lipinski definition) is 6. The van der Waals surface area contributed by atoms with Crippen LogP contribution in [-0.2, 0) is 9.59 Å². The highest BCUT2D eigenvalue weighted by Gasteiger charge is 2.21. The summed E-state index contributed by atoms with van der Waals surface area (Å²) in [6.07, 6.45) is -0.790. The molecule has 0 bridgehead atoms. The molecular weight excluding hydrogens is 326 g/mol. The number of carbonyl (C=O) groups is 3. The summed E-state index contributed by atoms with van der Waals surface area (Å²) in [6.45, 7) is 3.36. The van der Waals surface area contributed by atoms with E-state index in [9.17, 15) is 19.2 Å². The normalized spacial score (nSPS) is 11.0. The minimum atomic E-state index is -1.68. The quantitative estimate of drug-likeness (QED) is 0.335. The van der Waals surface area contributed by atoms with E-state index in [1.54, 1.807) is 18.2 Å². The monoisotopic (exact) mass is 339 g/mol. The number of carbonyl (C=O) groups excluding carboxylic acids is 2. The van der Waals surface area contributed by atoms with Gasteiger partial charge in [0.1, 0.15) is 5.58 Å². The third kappa shape index (κ3) is 2.91. The zero-order valence-corrected chi connectivity index (χ0v) is 13.5. The predicted molar refractivity (Wildman–Crippen MR) is 88.8 cm³/mol. The number of pyridine rings is 1. The van der Waals surface area contributed by atoms with Crippen LogP contribution in [0.1, 0.15) is 28.0 Å². The van der Waals surface area contributed by atoms with Crippen molar-refractivity contribution in [1.82, 2.24) is 4.98 Å². The van der Waals surface area contributed by atoms with Crippen molar-refractivity contribution < 1.29 is 23.9 Å². The summed E-state index contributed by atoms with van der Waals surface area (Å²) in [5.41, 5.74) is 1.29. The molecule has 0 fully saturated rings. The standard InChI is InChI=1S/C18H13NO6/c1-8-3-4-15-11(5-8)16(22)12-6-10(9(2)19-17(12)25-15)13(20)7-14(21)18(23)24/h3-6H,7H2,1-2H3,(H,23,24). The van der Waals surface area contributed by atoms with Crippen molar-refractivity contribution in [3.05, 3.63) is 51.3 Å².